The van der Waals surface area contributed by atoms with Crippen LogP contribution in [0.1, 0.15) is 11.1 Å². The van der Waals surface area contributed by atoms with Crippen molar-refractivity contribution in [2.24, 2.45) is 0 Å². The van der Waals surface area contributed by atoms with Crippen molar-refractivity contribution < 1.29 is 9.50 Å². The first kappa shape index (κ1) is 10.6. The minimum atomic E-state index is -0.380. The van der Waals surface area contributed by atoms with Gasteiger partial charge in [-0.3, -0.25) is 4.98 Å². The molecule has 0 amide bonds. The highest BCUT2D eigenvalue weighted by Gasteiger charge is 2.09. The second-order valence-corrected chi connectivity index (χ2v) is 3.84. The summed E-state index contributed by atoms with van der Waals surface area (Å²) >= 11 is 0. The Balaban J connectivity index is 2.62. The summed E-state index contributed by atoms with van der Waals surface area (Å²) in [4.78, 5) is 4.22. The summed E-state index contributed by atoms with van der Waals surface area (Å²) in [5.74, 6) is -0.338. The predicted molar refractivity (Wildman–Crippen MR) is 60.8 cm³/mol. The van der Waals surface area contributed by atoms with Crippen molar-refractivity contribution in [3.05, 3.63) is 47.4 Å². The number of benzene rings is 1. The van der Waals surface area contributed by atoms with Gasteiger partial charge in [-0.2, -0.15) is 0 Å². The van der Waals surface area contributed by atoms with E-state index in [4.69, 9.17) is 0 Å². The van der Waals surface area contributed by atoms with Gasteiger partial charge in [-0.1, -0.05) is 6.07 Å². The SMILES string of the molecule is Cc1cnc(-c2cc(F)ccc2O)c(C)c1. The number of hydrogen-bond donors (Lipinski definition) is 1. The molecule has 16 heavy (non-hydrogen) atoms. The zero-order valence-corrected chi connectivity index (χ0v) is 9.16. The minimum Gasteiger partial charge on any atom is -0.507 e. The van der Waals surface area contributed by atoms with Crippen molar-refractivity contribution in [2.75, 3.05) is 0 Å². The van der Waals surface area contributed by atoms with Gasteiger partial charge in [0.25, 0.3) is 0 Å². The lowest BCUT2D eigenvalue weighted by Crippen LogP contribution is -1.91. The first-order valence-corrected chi connectivity index (χ1v) is 5.00. The van der Waals surface area contributed by atoms with Crippen LogP contribution in [0.2, 0.25) is 0 Å². The number of aromatic nitrogens is 1. The maximum atomic E-state index is 13.1. The third-order valence-corrected chi connectivity index (χ3v) is 2.43. The van der Waals surface area contributed by atoms with E-state index in [0.29, 0.717) is 11.3 Å². The summed E-state index contributed by atoms with van der Waals surface area (Å²) in [6, 6.07) is 5.81. The van der Waals surface area contributed by atoms with Gasteiger partial charge in [-0.05, 0) is 43.2 Å². The fourth-order valence-corrected chi connectivity index (χ4v) is 1.70. The molecule has 0 atom stereocenters. The lowest BCUT2D eigenvalue weighted by Gasteiger charge is -2.07. The van der Waals surface area contributed by atoms with Crippen LogP contribution in [-0.4, -0.2) is 10.1 Å². The molecule has 0 fully saturated rings. The van der Waals surface area contributed by atoms with Gasteiger partial charge in [0, 0.05) is 11.8 Å². The number of aromatic hydroxyl groups is 1. The van der Waals surface area contributed by atoms with Gasteiger partial charge < -0.3 is 5.11 Å². The second kappa shape index (κ2) is 3.93. The molecule has 82 valence electrons. The van der Waals surface area contributed by atoms with E-state index >= 15 is 0 Å². The Morgan fingerprint density at radius 1 is 1.19 bits per heavy atom. The molecule has 2 nitrogen and oxygen atoms in total. The first-order chi connectivity index (χ1) is 7.58. The molecule has 2 rings (SSSR count). The summed E-state index contributed by atoms with van der Waals surface area (Å²) < 4.78 is 13.1. The van der Waals surface area contributed by atoms with Crippen LogP contribution in [0.15, 0.2) is 30.5 Å². The maximum Gasteiger partial charge on any atom is 0.125 e. The van der Waals surface area contributed by atoms with E-state index in [-0.39, 0.29) is 11.6 Å². The van der Waals surface area contributed by atoms with E-state index in [0.717, 1.165) is 11.1 Å². The number of rotatable bonds is 1. The molecule has 1 aromatic carbocycles. The summed E-state index contributed by atoms with van der Waals surface area (Å²) in [6.45, 7) is 3.83. The van der Waals surface area contributed by atoms with Crippen LogP contribution in [0.4, 0.5) is 4.39 Å². The van der Waals surface area contributed by atoms with Crippen molar-refractivity contribution in [2.45, 2.75) is 13.8 Å². The lowest BCUT2D eigenvalue weighted by molar-refractivity contribution is 0.475. The van der Waals surface area contributed by atoms with Crippen LogP contribution in [0.3, 0.4) is 0 Å². The number of halogens is 1. The summed E-state index contributed by atoms with van der Waals surface area (Å²) in [5.41, 5.74) is 3.00. The monoisotopic (exact) mass is 217 g/mol. The Bertz CT molecular complexity index is 537. The van der Waals surface area contributed by atoms with Crippen LogP contribution in [-0.2, 0) is 0 Å². The van der Waals surface area contributed by atoms with Gasteiger partial charge in [0.1, 0.15) is 11.6 Å². The lowest BCUT2D eigenvalue weighted by atomic mass is 10.0. The van der Waals surface area contributed by atoms with Crippen LogP contribution in [0, 0.1) is 19.7 Å². The molecule has 1 N–H and O–H groups in total. The van der Waals surface area contributed by atoms with E-state index in [9.17, 15) is 9.50 Å². The normalized spacial score (nSPS) is 10.4. The molecule has 0 radical (unpaired) electrons. The molecular weight excluding hydrogens is 205 g/mol. The number of pyridine rings is 1. The maximum absolute atomic E-state index is 13.1. The molecule has 1 aromatic heterocycles. The molecule has 1 heterocycles. The quantitative estimate of drug-likeness (QED) is 0.795. The molecule has 0 aliphatic carbocycles. The highest BCUT2D eigenvalue weighted by Crippen LogP contribution is 2.30. The molecule has 0 aliphatic heterocycles. The Labute approximate surface area is 93.4 Å². The predicted octanol–water partition coefficient (Wildman–Crippen LogP) is 3.21. The molecule has 0 bridgehead atoms. The molecule has 0 saturated carbocycles. The third kappa shape index (κ3) is 1.89. The average Bonchev–Trinajstić information content (AvgIpc) is 2.22. The summed E-state index contributed by atoms with van der Waals surface area (Å²) in [5, 5.41) is 9.68. The number of nitrogens with zero attached hydrogens (tertiary/aromatic N) is 1. The van der Waals surface area contributed by atoms with Crippen molar-refractivity contribution >= 4 is 0 Å². The molecular formula is C13H12FNO. The van der Waals surface area contributed by atoms with E-state index in [2.05, 4.69) is 4.98 Å². The number of phenolic OH excluding ortho intramolecular Hbond substituents is 1. The van der Waals surface area contributed by atoms with Gasteiger partial charge in [0.2, 0.25) is 0 Å². The van der Waals surface area contributed by atoms with Crippen molar-refractivity contribution in [1.82, 2.24) is 4.98 Å². The summed E-state index contributed by atoms with van der Waals surface area (Å²) in [7, 11) is 0. The fraction of sp³-hybridized carbons (Fsp3) is 0.154. The third-order valence-electron chi connectivity index (χ3n) is 2.43. The molecule has 0 saturated heterocycles. The van der Waals surface area contributed by atoms with Crippen LogP contribution < -0.4 is 0 Å². The molecule has 0 unspecified atom stereocenters. The van der Waals surface area contributed by atoms with Crippen LogP contribution in [0.5, 0.6) is 5.75 Å². The zero-order valence-electron chi connectivity index (χ0n) is 9.16. The highest BCUT2D eigenvalue weighted by atomic mass is 19.1. The summed E-state index contributed by atoms with van der Waals surface area (Å²) in [6.07, 6.45) is 1.70. The molecule has 2 aromatic rings. The standard InChI is InChI=1S/C13H12FNO/c1-8-5-9(2)13(15-7-8)11-6-10(14)3-4-12(11)16/h3-7,16H,1-2H3. The van der Waals surface area contributed by atoms with Crippen molar-refractivity contribution in [3.8, 4) is 17.0 Å². The Kier molecular flexibility index (Phi) is 2.60. The van der Waals surface area contributed by atoms with E-state index in [1.807, 2.05) is 19.9 Å². The van der Waals surface area contributed by atoms with E-state index < -0.39 is 0 Å². The van der Waals surface area contributed by atoms with Gasteiger partial charge in [0.15, 0.2) is 0 Å². The fourth-order valence-electron chi connectivity index (χ4n) is 1.70. The Morgan fingerprint density at radius 3 is 2.62 bits per heavy atom. The van der Waals surface area contributed by atoms with Gasteiger partial charge >= 0.3 is 0 Å². The second-order valence-electron chi connectivity index (χ2n) is 3.84. The van der Waals surface area contributed by atoms with Gasteiger partial charge in [0.05, 0.1) is 5.69 Å². The number of hydrogen-bond acceptors (Lipinski definition) is 2. The average molecular weight is 217 g/mol. The molecule has 0 aliphatic rings. The Morgan fingerprint density at radius 2 is 1.94 bits per heavy atom. The van der Waals surface area contributed by atoms with Crippen LogP contribution in [0.25, 0.3) is 11.3 Å². The first-order valence-electron chi connectivity index (χ1n) is 5.00. The largest absolute Gasteiger partial charge is 0.507 e. The topological polar surface area (TPSA) is 33.1 Å². The van der Waals surface area contributed by atoms with Crippen molar-refractivity contribution in [3.63, 3.8) is 0 Å². The van der Waals surface area contributed by atoms with Gasteiger partial charge in [-0.15, -0.1) is 0 Å². The number of phenols is 1. The van der Waals surface area contributed by atoms with Crippen molar-refractivity contribution in [1.29, 1.82) is 0 Å². The van der Waals surface area contributed by atoms with E-state index in [1.54, 1.807) is 6.20 Å². The van der Waals surface area contributed by atoms with Gasteiger partial charge in [-0.25, -0.2) is 4.39 Å². The molecule has 3 heteroatoms. The Hall–Kier alpha value is -1.90. The zero-order chi connectivity index (χ0) is 11.7. The van der Waals surface area contributed by atoms with E-state index in [1.165, 1.54) is 18.2 Å². The minimum absolute atomic E-state index is 0.0425. The highest BCUT2D eigenvalue weighted by molar-refractivity contribution is 5.69. The smallest absolute Gasteiger partial charge is 0.125 e. The molecule has 0 spiro atoms. The number of aryl methyl sites for hydroxylation is 2. The van der Waals surface area contributed by atoms with Crippen LogP contribution >= 0.6 is 0 Å².